The maximum Gasteiger partial charge on any atom is 0.224 e. The summed E-state index contributed by atoms with van der Waals surface area (Å²) in [6, 6.07) is 5.95. The second-order valence-corrected chi connectivity index (χ2v) is 5.43. The lowest BCUT2D eigenvalue weighted by molar-refractivity contribution is -0.135. The van der Waals surface area contributed by atoms with Gasteiger partial charge < -0.3 is 9.64 Å². The number of hydrogen-bond donors (Lipinski definition) is 0. The van der Waals surface area contributed by atoms with Gasteiger partial charge in [-0.05, 0) is 19.1 Å². The van der Waals surface area contributed by atoms with Crippen molar-refractivity contribution in [3.63, 3.8) is 0 Å². The van der Waals surface area contributed by atoms with Crippen LogP contribution in [0, 0.1) is 19.3 Å². The van der Waals surface area contributed by atoms with Crippen molar-refractivity contribution in [3.05, 3.63) is 29.6 Å². The summed E-state index contributed by atoms with van der Waals surface area (Å²) in [5.41, 5.74) is 1.97. The first kappa shape index (κ1) is 16.5. The number of hydrogen-bond acceptors (Lipinski definition) is 4. The van der Waals surface area contributed by atoms with Gasteiger partial charge in [-0.2, -0.15) is 0 Å². The Kier molecular flexibility index (Phi) is 6.38. The lowest BCUT2D eigenvalue weighted by atomic mass is 10.2. The highest BCUT2D eigenvalue weighted by Crippen LogP contribution is 2.06. The number of pyridine rings is 1. The highest BCUT2D eigenvalue weighted by atomic mass is 16.5. The molecule has 1 aromatic rings. The van der Waals surface area contributed by atoms with Gasteiger partial charge in [0, 0.05) is 38.3 Å². The van der Waals surface area contributed by atoms with E-state index in [1.165, 1.54) is 0 Å². The van der Waals surface area contributed by atoms with Gasteiger partial charge in [-0.15, -0.1) is 6.42 Å². The molecule has 1 aliphatic heterocycles. The number of rotatable bonds is 6. The van der Waals surface area contributed by atoms with Crippen LogP contribution in [0.4, 0.5) is 0 Å². The molecule has 0 bridgehead atoms. The fourth-order valence-corrected chi connectivity index (χ4v) is 2.48. The Morgan fingerprint density at radius 1 is 1.45 bits per heavy atom. The third-order valence-electron chi connectivity index (χ3n) is 3.65. The van der Waals surface area contributed by atoms with Crippen LogP contribution in [0.25, 0.3) is 0 Å². The number of carbonyl (C=O) groups excluding carboxylic acids is 1. The van der Waals surface area contributed by atoms with Crippen LogP contribution in [0.2, 0.25) is 0 Å². The summed E-state index contributed by atoms with van der Waals surface area (Å²) in [7, 11) is 0. The molecule has 1 aliphatic rings. The molecule has 0 aromatic carbocycles. The van der Waals surface area contributed by atoms with Crippen LogP contribution in [0.1, 0.15) is 17.8 Å². The Balaban J connectivity index is 1.85. The Labute approximate surface area is 132 Å². The van der Waals surface area contributed by atoms with Crippen LogP contribution < -0.4 is 0 Å². The first-order chi connectivity index (χ1) is 10.7. The number of morpholine rings is 1. The summed E-state index contributed by atoms with van der Waals surface area (Å²) in [4.78, 5) is 20.6. The summed E-state index contributed by atoms with van der Waals surface area (Å²) in [5, 5.41) is 0. The Morgan fingerprint density at radius 3 is 2.91 bits per heavy atom. The Bertz CT molecular complexity index is 533. The number of amides is 1. The molecule has 0 saturated carbocycles. The van der Waals surface area contributed by atoms with Crippen molar-refractivity contribution in [3.8, 4) is 12.3 Å². The van der Waals surface area contributed by atoms with Gasteiger partial charge in [-0.3, -0.25) is 14.7 Å². The lowest BCUT2D eigenvalue weighted by Gasteiger charge is -2.28. The number of aryl methyl sites for hydroxylation is 1. The molecule has 0 spiro atoms. The van der Waals surface area contributed by atoms with Crippen molar-refractivity contribution in [2.24, 2.45) is 0 Å². The molecule has 1 saturated heterocycles. The van der Waals surface area contributed by atoms with Crippen molar-refractivity contribution in [2.75, 3.05) is 39.4 Å². The first-order valence-electron chi connectivity index (χ1n) is 7.63. The summed E-state index contributed by atoms with van der Waals surface area (Å²) in [5.74, 6) is 2.83. The van der Waals surface area contributed by atoms with Crippen LogP contribution in [0.3, 0.4) is 0 Å². The van der Waals surface area contributed by atoms with Gasteiger partial charge in [0.25, 0.3) is 0 Å². The maximum absolute atomic E-state index is 12.2. The molecule has 118 valence electrons. The molecule has 0 radical (unpaired) electrons. The smallest absolute Gasteiger partial charge is 0.224 e. The van der Waals surface area contributed by atoms with Gasteiger partial charge in [-0.1, -0.05) is 12.0 Å². The molecule has 5 nitrogen and oxygen atoms in total. The summed E-state index contributed by atoms with van der Waals surface area (Å²) in [6.07, 6.45) is 5.92. The molecule has 0 atom stereocenters. The van der Waals surface area contributed by atoms with E-state index in [1.807, 2.05) is 30.0 Å². The molecule has 2 heterocycles. The zero-order valence-electron chi connectivity index (χ0n) is 13.1. The topological polar surface area (TPSA) is 45.7 Å². The SMILES string of the molecule is C#CCN(CCC(=O)N1CCOCC1)Cc1cccc(C)n1. The number of carbonyl (C=O) groups is 1. The van der Waals surface area contributed by atoms with Crippen LogP contribution >= 0.6 is 0 Å². The second-order valence-electron chi connectivity index (χ2n) is 5.43. The average molecular weight is 301 g/mol. The van der Waals surface area contributed by atoms with E-state index in [9.17, 15) is 4.79 Å². The number of terminal acetylenes is 1. The van der Waals surface area contributed by atoms with Crippen LogP contribution in [0.5, 0.6) is 0 Å². The van der Waals surface area contributed by atoms with Crippen molar-refractivity contribution >= 4 is 5.91 Å². The van der Waals surface area contributed by atoms with Crippen molar-refractivity contribution in [1.29, 1.82) is 0 Å². The van der Waals surface area contributed by atoms with Crippen LogP contribution in [-0.2, 0) is 16.1 Å². The molecule has 5 heteroatoms. The lowest BCUT2D eigenvalue weighted by Crippen LogP contribution is -2.42. The predicted molar refractivity (Wildman–Crippen MR) is 85.1 cm³/mol. The van der Waals surface area contributed by atoms with E-state index in [1.54, 1.807) is 0 Å². The van der Waals surface area contributed by atoms with Gasteiger partial charge in [0.2, 0.25) is 5.91 Å². The van der Waals surface area contributed by atoms with Crippen LogP contribution in [-0.4, -0.2) is 60.1 Å². The molecular formula is C17H23N3O2. The minimum absolute atomic E-state index is 0.169. The normalized spacial score (nSPS) is 14.9. The van der Waals surface area contributed by atoms with Gasteiger partial charge in [0.1, 0.15) is 0 Å². The fraction of sp³-hybridized carbons (Fsp3) is 0.529. The van der Waals surface area contributed by atoms with Crippen molar-refractivity contribution < 1.29 is 9.53 Å². The highest BCUT2D eigenvalue weighted by Gasteiger charge is 2.17. The summed E-state index contributed by atoms with van der Waals surface area (Å²) in [6.45, 7) is 6.45. The average Bonchev–Trinajstić information content (AvgIpc) is 2.53. The van der Waals surface area contributed by atoms with E-state index >= 15 is 0 Å². The van der Waals surface area contributed by atoms with E-state index in [0.29, 0.717) is 52.4 Å². The van der Waals surface area contributed by atoms with E-state index in [0.717, 1.165) is 11.4 Å². The zero-order chi connectivity index (χ0) is 15.8. The maximum atomic E-state index is 12.2. The molecule has 22 heavy (non-hydrogen) atoms. The third-order valence-corrected chi connectivity index (χ3v) is 3.65. The molecule has 1 aromatic heterocycles. The minimum Gasteiger partial charge on any atom is -0.378 e. The van der Waals surface area contributed by atoms with Gasteiger partial charge in [-0.25, -0.2) is 0 Å². The van der Waals surface area contributed by atoms with Gasteiger partial charge in [0.05, 0.1) is 25.5 Å². The largest absolute Gasteiger partial charge is 0.378 e. The molecule has 0 unspecified atom stereocenters. The summed E-state index contributed by atoms with van der Waals surface area (Å²) >= 11 is 0. The van der Waals surface area contributed by atoms with E-state index in [4.69, 9.17) is 11.2 Å². The fourth-order valence-electron chi connectivity index (χ4n) is 2.48. The van der Waals surface area contributed by atoms with E-state index < -0.39 is 0 Å². The number of nitrogens with zero attached hydrogens (tertiary/aromatic N) is 3. The molecule has 2 rings (SSSR count). The van der Waals surface area contributed by atoms with E-state index in [2.05, 4.69) is 15.8 Å². The van der Waals surface area contributed by atoms with Crippen molar-refractivity contribution in [1.82, 2.24) is 14.8 Å². The first-order valence-corrected chi connectivity index (χ1v) is 7.63. The number of aromatic nitrogens is 1. The standard InChI is InChI=1S/C17H23N3O2/c1-3-8-19(14-16-6-4-5-15(2)18-16)9-7-17(21)20-10-12-22-13-11-20/h1,4-6H,7-14H2,2H3. The molecule has 0 aliphatic carbocycles. The Morgan fingerprint density at radius 2 is 2.23 bits per heavy atom. The molecule has 1 fully saturated rings. The van der Waals surface area contributed by atoms with Crippen molar-refractivity contribution in [2.45, 2.75) is 19.9 Å². The second kappa shape index (κ2) is 8.52. The Hall–Kier alpha value is -1.90. The third kappa shape index (κ3) is 5.14. The zero-order valence-corrected chi connectivity index (χ0v) is 13.1. The molecule has 1 amide bonds. The molecule has 0 N–H and O–H groups in total. The minimum atomic E-state index is 0.169. The highest BCUT2D eigenvalue weighted by molar-refractivity contribution is 5.76. The molecular weight excluding hydrogens is 278 g/mol. The monoisotopic (exact) mass is 301 g/mol. The van der Waals surface area contributed by atoms with Gasteiger partial charge in [0.15, 0.2) is 0 Å². The van der Waals surface area contributed by atoms with Gasteiger partial charge >= 0.3 is 0 Å². The van der Waals surface area contributed by atoms with Crippen LogP contribution in [0.15, 0.2) is 18.2 Å². The van der Waals surface area contributed by atoms with E-state index in [-0.39, 0.29) is 5.91 Å². The quantitative estimate of drug-likeness (QED) is 0.738. The number of ether oxygens (including phenoxy) is 1. The predicted octanol–water partition coefficient (Wildman–Crippen LogP) is 1.07. The summed E-state index contributed by atoms with van der Waals surface area (Å²) < 4.78 is 5.27.